The van der Waals surface area contributed by atoms with Gasteiger partial charge in [0.05, 0.1) is 6.04 Å². The summed E-state index contributed by atoms with van der Waals surface area (Å²) in [5.74, 6) is -0.273. The molecule has 0 saturated heterocycles. The first-order valence-corrected chi connectivity index (χ1v) is 6.09. The van der Waals surface area contributed by atoms with Gasteiger partial charge in [0, 0.05) is 14.9 Å². The van der Waals surface area contributed by atoms with Gasteiger partial charge < -0.3 is 5.73 Å². The van der Waals surface area contributed by atoms with Crippen molar-refractivity contribution < 1.29 is 4.39 Å². The van der Waals surface area contributed by atoms with Crippen LogP contribution in [0.5, 0.6) is 0 Å². The van der Waals surface area contributed by atoms with Crippen LogP contribution in [-0.4, -0.2) is 0 Å². The Labute approximate surface area is 99.9 Å². The fourth-order valence-electron chi connectivity index (χ4n) is 1.38. The van der Waals surface area contributed by atoms with E-state index >= 15 is 0 Å². The van der Waals surface area contributed by atoms with E-state index in [1.807, 2.05) is 17.5 Å². The molecule has 0 spiro atoms. The van der Waals surface area contributed by atoms with Gasteiger partial charge in [0.15, 0.2) is 0 Å². The molecule has 2 rings (SSSR count). The molecule has 0 aliphatic heterocycles. The highest BCUT2D eigenvalue weighted by atomic mass is 79.9. The minimum Gasteiger partial charge on any atom is -0.320 e. The summed E-state index contributed by atoms with van der Waals surface area (Å²) in [5.41, 5.74) is 6.50. The van der Waals surface area contributed by atoms with Gasteiger partial charge in [-0.05, 0) is 23.6 Å². The number of halogens is 2. The van der Waals surface area contributed by atoms with E-state index in [0.29, 0.717) is 5.56 Å². The van der Waals surface area contributed by atoms with Crippen LogP contribution in [0.4, 0.5) is 4.39 Å². The van der Waals surface area contributed by atoms with Crippen molar-refractivity contribution >= 4 is 27.3 Å². The predicted molar refractivity (Wildman–Crippen MR) is 64.4 cm³/mol. The van der Waals surface area contributed by atoms with Crippen LogP contribution < -0.4 is 5.73 Å². The number of thiophene rings is 1. The smallest absolute Gasteiger partial charge is 0.129 e. The SMILES string of the molecule is NC(c1cccs1)c1ccc(Br)cc1F. The maximum Gasteiger partial charge on any atom is 0.129 e. The Balaban J connectivity index is 2.38. The molecular weight excluding hydrogens is 277 g/mol. The van der Waals surface area contributed by atoms with Crippen molar-refractivity contribution in [3.63, 3.8) is 0 Å². The Morgan fingerprint density at radius 2 is 2.13 bits per heavy atom. The van der Waals surface area contributed by atoms with Crippen LogP contribution in [0, 0.1) is 5.82 Å². The van der Waals surface area contributed by atoms with Crippen LogP contribution in [-0.2, 0) is 0 Å². The number of benzene rings is 1. The summed E-state index contributed by atoms with van der Waals surface area (Å²) >= 11 is 4.75. The summed E-state index contributed by atoms with van der Waals surface area (Å²) in [7, 11) is 0. The second kappa shape index (κ2) is 4.43. The quantitative estimate of drug-likeness (QED) is 0.895. The van der Waals surface area contributed by atoms with Crippen LogP contribution >= 0.6 is 27.3 Å². The number of hydrogen-bond acceptors (Lipinski definition) is 2. The molecule has 0 fully saturated rings. The first kappa shape index (κ1) is 10.8. The first-order valence-electron chi connectivity index (χ1n) is 4.42. The maximum atomic E-state index is 13.6. The molecule has 0 radical (unpaired) electrons. The van der Waals surface area contributed by atoms with Gasteiger partial charge in [-0.1, -0.05) is 28.1 Å². The van der Waals surface area contributed by atoms with Crippen molar-refractivity contribution in [2.45, 2.75) is 6.04 Å². The molecule has 2 N–H and O–H groups in total. The third-order valence-corrected chi connectivity index (χ3v) is 3.60. The van der Waals surface area contributed by atoms with E-state index in [2.05, 4.69) is 15.9 Å². The third-order valence-electron chi connectivity index (χ3n) is 2.15. The highest BCUT2D eigenvalue weighted by molar-refractivity contribution is 9.10. The van der Waals surface area contributed by atoms with Gasteiger partial charge in [-0.2, -0.15) is 0 Å². The van der Waals surface area contributed by atoms with E-state index in [1.165, 1.54) is 17.4 Å². The minimum atomic E-state index is -0.377. The number of hydrogen-bond donors (Lipinski definition) is 1. The average Bonchev–Trinajstić information content (AvgIpc) is 2.69. The Bertz CT molecular complexity index is 456. The molecule has 1 unspecified atom stereocenters. The summed E-state index contributed by atoms with van der Waals surface area (Å²) < 4.78 is 14.3. The van der Waals surface area contributed by atoms with E-state index in [9.17, 15) is 4.39 Å². The molecule has 15 heavy (non-hydrogen) atoms. The lowest BCUT2D eigenvalue weighted by molar-refractivity contribution is 0.600. The maximum absolute atomic E-state index is 13.6. The molecule has 0 aliphatic rings. The van der Waals surface area contributed by atoms with Gasteiger partial charge in [0.2, 0.25) is 0 Å². The molecule has 78 valence electrons. The molecule has 1 aromatic heterocycles. The van der Waals surface area contributed by atoms with E-state index < -0.39 is 0 Å². The van der Waals surface area contributed by atoms with E-state index in [4.69, 9.17) is 5.73 Å². The van der Waals surface area contributed by atoms with Crippen LogP contribution in [0.2, 0.25) is 0 Å². The zero-order valence-corrected chi connectivity index (χ0v) is 10.2. The minimum absolute atomic E-state index is 0.273. The lowest BCUT2D eigenvalue weighted by Gasteiger charge is -2.11. The summed E-state index contributed by atoms with van der Waals surface area (Å²) in [6.45, 7) is 0. The summed E-state index contributed by atoms with van der Waals surface area (Å²) in [4.78, 5) is 0.969. The van der Waals surface area contributed by atoms with Crippen LogP contribution in [0.25, 0.3) is 0 Å². The normalized spacial score (nSPS) is 12.7. The predicted octanol–water partition coefficient (Wildman–Crippen LogP) is 3.70. The molecule has 1 heterocycles. The Morgan fingerprint density at radius 3 is 2.73 bits per heavy atom. The van der Waals surface area contributed by atoms with Gasteiger partial charge in [-0.25, -0.2) is 4.39 Å². The zero-order chi connectivity index (χ0) is 10.8. The monoisotopic (exact) mass is 285 g/mol. The summed E-state index contributed by atoms with van der Waals surface area (Å²) in [5, 5.41) is 1.94. The zero-order valence-electron chi connectivity index (χ0n) is 7.78. The second-order valence-electron chi connectivity index (χ2n) is 3.16. The third kappa shape index (κ3) is 2.27. The average molecular weight is 286 g/mol. The summed E-state index contributed by atoms with van der Waals surface area (Å²) in [6.07, 6.45) is 0. The van der Waals surface area contributed by atoms with Crippen molar-refractivity contribution in [1.29, 1.82) is 0 Å². The largest absolute Gasteiger partial charge is 0.320 e. The van der Waals surface area contributed by atoms with Crippen molar-refractivity contribution in [1.82, 2.24) is 0 Å². The fourth-order valence-corrected chi connectivity index (χ4v) is 2.45. The molecule has 1 nitrogen and oxygen atoms in total. The molecule has 0 saturated carbocycles. The Kier molecular flexibility index (Phi) is 3.19. The molecule has 2 aromatic rings. The van der Waals surface area contributed by atoms with Gasteiger partial charge in [-0.15, -0.1) is 11.3 Å². The Hall–Kier alpha value is -0.710. The van der Waals surface area contributed by atoms with Gasteiger partial charge in [0.25, 0.3) is 0 Å². The molecule has 0 aliphatic carbocycles. The number of nitrogens with two attached hydrogens (primary N) is 1. The molecule has 1 aromatic carbocycles. The highest BCUT2D eigenvalue weighted by Crippen LogP contribution is 2.27. The Morgan fingerprint density at radius 1 is 1.33 bits per heavy atom. The van der Waals surface area contributed by atoms with Crippen molar-refractivity contribution in [2.75, 3.05) is 0 Å². The lowest BCUT2D eigenvalue weighted by Crippen LogP contribution is -2.11. The van der Waals surface area contributed by atoms with Gasteiger partial charge >= 0.3 is 0 Å². The molecule has 1 atom stereocenters. The van der Waals surface area contributed by atoms with Crippen LogP contribution in [0.3, 0.4) is 0 Å². The molecule has 0 bridgehead atoms. The van der Waals surface area contributed by atoms with Crippen molar-refractivity contribution in [2.24, 2.45) is 5.73 Å². The van der Waals surface area contributed by atoms with Crippen molar-refractivity contribution in [3.8, 4) is 0 Å². The standard InChI is InChI=1S/C11H9BrFNS/c12-7-3-4-8(9(13)6-7)11(14)10-2-1-5-15-10/h1-6,11H,14H2. The fraction of sp³-hybridized carbons (Fsp3) is 0.0909. The van der Waals surface area contributed by atoms with E-state index in [-0.39, 0.29) is 11.9 Å². The van der Waals surface area contributed by atoms with Gasteiger partial charge in [0.1, 0.15) is 5.82 Å². The van der Waals surface area contributed by atoms with Crippen LogP contribution in [0.15, 0.2) is 40.2 Å². The second-order valence-corrected chi connectivity index (χ2v) is 5.05. The molecule has 4 heteroatoms. The van der Waals surface area contributed by atoms with E-state index in [0.717, 1.165) is 9.35 Å². The first-order chi connectivity index (χ1) is 7.18. The summed E-state index contributed by atoms with van der Waals surface area (Å²) in [6, 6.07) is 8.39. The molecular formula is C11H9BrFNS. The highest BCUT2D eigenvalue weighted by Gasteiger charge is 2.14. The lowest BCUT2D eigenvalue weighted by atomic mass is 10.1. The van der Waals surface area contributed by atoms with Crippen LogP contribution in [0.1, 0.15) is 16.5 Å². The van der Waals surface area contributed by atoms with E-state index in [1.54, 1.807) is 12.1 Å². The number of rotatable bonds is 2. The van der Waals surface area contributed by atoms with Crippen molar-refractivity contribution in [3.05, 3.63) is 56.4 Å². The van der Waals surface area contributed by atoms with Gasteiger partial charge in [-0.3, -0.25) is 0 Å². The molecule has 0 amide bonds. The topological polar surface area (TPSA) is 26.0 Å².